The van der Waals surface area contributed by atoms with E-state index in [1.165, 1.54) is 25.1 Å². The zero-order valence-corrected chi connectivity index (χ0v) is 15.2. The molecule has 0 spiro atoms. The van der Waals surface area contributed by atoms with Crippen molar-refractivity contribution in [3.05, 3.63) is 59.0 Å². The van der Waals surface area contributed by atoms with Crippen molar-refractivity contribution in [3.8, 4) is 11.3 Å². The molecule has 24 heavy (non-hydrogen) atoms. The molecule has 2 rings (SSSR count). The van der Waals surface area contributed by atoms with E-state index in [1.807, 2.05) is 0 Å². The SMILES string of the molecule is C=C(c1cc(C(C)(O)I)cc(-c2ccc(F)c(Cl)c2)n1)C(F)(F)F. The molecule has 0 saturated carbocycles. The predicted molar refractivity (Wildman–Crippen MR) is 93.3 cm³/mol. The van der Waals surface area contributed by atoms with Gasteiger partial charge in [0.15, 0.2) is 0 Å². The molecular weight excluding hydrogens is 461 g/mol. The summed E-state index contributed by atoms with van der Waals surface area (Å²) < 4.78 is 50.7. The number of aliphatic hydroxyl groups is 1. The van der Waals surface area contributed by atoms with Gasteiger partial charge < -0.3 is 5.11 Å². The number of benzene rings is 1. The number of pyridine rings is 1. The van der Waals surface area contributed by atoms with Crippen LogP contribution in [0.2, 0.25) is 5.02 Å². The second-order valence-corrected chi connectivity index (χ2v) is 7.69. The van der Waals surface area contributed by atoms with Crippen LogP contribution in [0.1, 0.15) is 18.2 Å². The molecule has 2 nitrogen and oxygen atoms in total. The van der Waals surface area contributed by atoms with Gasteiger partial charge >= 0.3 is 6.18 Å². The van der Waals surface area contributed by atoms with Crippen LogP contribution < -0.4 is 0 Å². The molecule has 0 radical (unpaired) electrons. The average molecular weight is 472 g/mol. The lowest BCUT2D eigenvalue weighted by Crippen LogP contribution is -2.15. The van der Waals surface area contributed by atoms with Gasteiger partial charge in [0.2, 0.25) is 0 Å². The van der Waals surface area contributed by atoms with Gasteiger partial charge in [-0.05, 0) is 65.4 Å². The summed E-state index contributed by atoms with van der Waals surface area (Å²) in [6, 6.07) is 6.23. The maximum Gasteiger partial charge on any atom is 0.417 e. The van der Waals surface area contributed by atoms with Gasteiger partial charge in [0, 0.05) is 5.56 Å². The van der Waals surface area contributed by atoms with Crippen molar-refractivity contribution in [2.75, 3.05) is 0 Å². The molecule has 0 bridgehead atoms. The summed E-state index contributed by atoms with van der Waals surface area (Å²) in [5, 5.41) is 9.95. The first-order valence-corrected chi connectivity index (χ1v) is 8.01. The zero-order chi connectivity index (χ0) is 18.3. The minimum absolute atomic E-state index is 0.117. The van der Waals surface area contributed by atoms with Crippen LogP contribution in [0.25, 0.3) is 16.8 Å². The Morgan fingerprint density at radius 1 is 1.25 bits per heavy atom. The van der Waals surface area contributed by atoms with Gasteiger partial charge in [-0.15, -0.1) is 0 Å². The molecule has 1 unspecified atom stereocenters. The second kappa shape index (κ2) is 6.61. The molecule has 1 atom stereocenters. The van der Waals surface area contributed by atoms with E-state index in [4.69, 9.17) is 11.6 Å². The van der Waals surface area contributed by atoms with Gasteiger partial charge in [0.1, 0.15) is 9.43 Å². The second-order valence-electron chi connectivity index (χ2n) is 5.18. The highest BCUT2D eigenvalue weighted by Crippen LogP contribution is 2.37. The number of nitrogens with zero attached hydrogens (tertiary/aromatic N) is 1. The summed E-state index contributed by atoms with van der Waals surface area (Å²) >= 11 is 7.40. The van der Waals surface area contributed by atoms with E-state index in [9.17, 15) is 22.7 Å². The standard InChI is InChI=1S/C16H11ClF4INO/c1-8(16(19,20)21)13-6-10(15(2,22)24)7-14(23-13)9-3-4-12(18)11(17)5-9/h3-7,24H,1H2,2H3. The highest BCUT2D eigenvalue weighted by molar-refractivity contribution is 14.1. The molecule has 0 aliphatic heterocycles. The molecule has 0 saturated heterocycles. The molecule has 1 aromatic carbocycles. The fourth-order valence-electron chi connectivity index (χ4n) is 1.90. The highest BCUT2D eigenvalue weighted by atomic mass is 127. The van der Waals surface area contributed by atoms with Gasteiger partial charge in [-0.2, -0.15) is 13.2 Å². The Morgan fingerprint density at radius 3 is 2.38 bits per heavy atom. The van der Waals surface area contributed by atoms with E-state index >= 15 is 0 Å². The summed E-state index contributed by atoms with van der Waals surface area (Å²) in [7, 11) is 0. The molecule has 1 aromatic heterocycles. The van der Waals surface area contributed by atoms with Crippen LogP contribution in [-0.4, -0.2) is 16.3 Å². The Balaban J connectivity index is 2.67. The molecule has 1 heterocycles. The van der Waals surface area contributed by atoms with E-state index in [-0.39, 0.29) is 16.3 Å². The molecular formula is C16H11ClF4INO. The van der Waals surface area contributed by atoms with Crippen LogP contribution in [0.15, 0.2) is 36.9 Å². The maximum absolute atomic E-state index is 13.3. The minimum Gasteiger partial charge on any atom is -0.376 e. The Bertz CT molecular complexity index is 800. The van der Waals surface area contributed by atoms with E-state index < -0.39 is 26.9 Å². The fourth-order valence-corrected chi connectivity index (χ4v) is 2.39. The molecule has 0 aliphatic carbocycles. The number of aromatic nitrogens is 1. The Hall–Kier alpha value is -1.19. The van der Waals surface area contributed by atoms with Crippen molar-refractivity contribution >= 4 is 39.8 Å². The summed E-state index contributed by atoms with van der Waals surface area (Å²) in [5.41, 5.74) is -0.923. The summed E-state index contributed by atoms with van der Waals surface area (Å²) in [6.07, 6.45) is -4.67. The summed E-state index contributed by atoms with van der Waals surface area (Å²) in [4.78, 5) is 3.94. The van der Waals surface area contributed by atoms with Crippen molar-refractivity contribution in [1.82, 2.24) is 4.98 Å². The van der Waals surface area contributed by atoms with Crippen molar-refractivity contribution < 1.29 is 22.7 Å². The maximum atomic E-state index is 13.3. The molecule has 0 aliphatic rings. The minimum atomic E-state index is -4.67. The van der Waals surface area contributed by atoms with Crippen LogP contribution in [0.5, 0.6) is 0 Å². The lowest BCUT2D eigenvalue weighted by molar-refractivity contribution is -0.0689. The number of hydrogen-bond donors (Lipinski definition) is 1. The number of allylic oxidation sites excluding steroid dienone is 1. The van der Waals surface area contributed by atoms with Gasteiger partial charge in [-0.25, -0.2) is 9.37 Å². The molecule has 0 fully saturated rings. The van der Waals surface area contributed by atoms with Crippen LogP contribution in [0.4, 0.5) is 17.6 Å². The largest absolute Gasteiger partial charge is 0.417 e. The first kappa shape index (κ1) is 19.1. The van der Waals surface area contributed by atoms with Crippen LogP contribution in [-0.2, 0) is 3.61 Å². The molecule has 2 aromatic rings. The first-order valence-electron chi connectivity index (χ1n) is 6.55. The van der Waals surface area contributed by atoms with E-state index in [0.29, 0.717) is 5.56 Å². The van der Waals surface area contributed by atoms with E-state index in [0.717, 1.165) is 12.1 Å². The Kier molecular flexibility index (Phi) is 5.27. The van der Waals surface area contributed by atoms with Gasteiger partial charge in [0.05, 0.1) is 22.0 Å². The molecule has 1 N–H and O–H groups in total. The average Bonchev–Trinajstić information content (AvgIpc) is 2.47. The van der Waals surface area contributed by atoms with Gasteiger partial charge in [-0.1, -0.05) is 18.2 Å². The lowest BCUT2D eigenvalue weighted by atomic mass is 10.0. The zero-order valence-electron chi connectivity index (χ0n) is 12.3. The molecule has 8 heteroatoms. The lowest BCUT2D eigenvalue weighted by Gasteiger charge is -2.19. The van der Waals surface area contributed by atoms with Crippen molar-refractivity contribution in [1.29, 1.82) is 0 Å². The molecule has 0 amide bonds. The fraction of sp³-hybridized carbons (Fsp3) is 0.188. The number of halogens is 6. The van der Waals surface area contributed by atoms with Crippen molar-refractivity contribution in [2.45, 2.75) is 16.7 Å². The van der Waals surface area contributed by atoms with Crippen molar-refractivity contribution in [3.63, 3.8) is 0 Å². The summed E-state index contributed by atoms with van der Waals surface area (Å²) in [5.74, 6) is -0.655. The third-order valence-corrected chi connectivity index (χ3v) is 4.13. The Morgan fingerprint density at radius 2 is 1.88 bits per heavy atom. The third kappa shape index (κ3) is 4.25. The van der Waals surface area contributed by atoms with E-state index in [2.05, 4.69) is 11.6 Å². The monoisotopic (exact) mass is 471 g/mol. The smallest absolute Gasteiger partial charge is 0.376 e. The highest BCUT2D eigenvalue weighted by Gasteiger charge is 2.35. The number of rotatable bonds is 3. The quantitative estimate of drug-likeness (QED) is 0.353. The topological polar surface area (TPSA) is 33.1 Å². The molecule has 128 valence electrons. The van der Waals surface area contributed by atoms with Crippen LogP contribution in [0, 0.1) is 5.82 Å². The normalized spacial score (nSPS) is 14.3. The van der Waals surface area contributed by atoms with Gasteiger partial charge in [0.25, 0.3) is 0 Å². The van der Waals surface area contributed by atoms with Crippen molar-refractivity contribution in [2.24, 2.45) is 0 Å². The van der Waals surface area contributed by atoms with Crippen LogP contribution >= 0.6 is 34.2 Å². The number of hydrogen-bond acceptors (Lipinski definition) is 2. The summed E-state index contributed by atoms with van der Waals surface area (Å²) in [6.45, 7) is 4.45. The van der Waals surface area contributed by atoms with Crippen LogP contribution in [0.3, 0.4) is 0 Å². The van der Waals surface area contributed by atoms with E-state index in [1.54, 1.807) is 22.6 Å². The predicted octanol–water partition coefficient (Wildman–Crippen LogP) is 5.72. The third-order valence-electron chi connectivity index (χ3n) is 3.22. The number of alkyl halides is 4. The Labute approximate surface area is 154 Å². The first-order chi connectivity index (χ1) is 10.9. The van der Waals surface area contributed by atoms with Gasteiger partial charge in [-0.3, -0.25) is 0 Å².